The lowest BCUT2D eigenvalue weighted by molar-refractivity contribution is 0.101. The van der Waals surface area contributed by atoms with Gasteiger partial charge in [-0.2, -0.15) is 0 Å². The summed E-state index contributed by atoms with van der Waals surface area (Å²) in [6.07, 6.45) is 4.24. The SMILES string of the molecule is Cc1cc(OCCCn2cc(C(=O)c3ccco3)c3ccccc32)ccc1Cl. The van der Waals surface area contributed by atoms with Crippen LogP contribution >= 0.6 is 11.6 Å². The number of ether oxygens (including phenoxy) is 1. The van der Waals surface area contributed by atoms with Crippen LogP contribution in [-0.4, -0.2) is 17.0 Å². The highest BCUT2D eigenvalue weighted by atomic mass is 35.5. The maximum atomic E-state index is 12.8. The minimum Gasteiger partial charge on any atom is -0.494 e. The van der Waals surface area contributed by atoms with Crippen LogP contribution in [0.3, 0.4) is 0 Å². The van der Waals surface area contributed by atoms with E-state index in [1.54, 1.807) is 12.1 Å². The summed E-state index contributed by atoms with van der Waals surface area (Å²) in [7, 11) is 0. The fraction of sp³-hybridized carbons (Fsp3) is 0.174. The van der Waals surface area contributed by atoms with Gasteiger partial charge in [-0.3, -0.25) is 4.79 Å². The Bertz CT molecular complexity index is 1110. The Morgan fingerprint density at radius 3 is 2.79 bits per heavy atom. The molecule has 0 amide bonds. The number of furan rings is 1. The Kier molecular flexibility index (Phi) is 5.22. The molecule has 2 aromatic carbocycles. The molecule has 28 heavy (non-hydrogen) atoms. The zero-order valence-electron chi connectivity index (χ0n) is 15.5. The lowest BCUT2D eigenvalue weighted by Crippen LogP contribution is -2.04. The number of aryl methyl sites for hydroxylation is 2. The average Bonchev–Trinajstić information content (AvgIpc) is 3.36. The molecule has 0 aliphatic heterocycles. The second-order valence-electron chi connectivity index (χ2n) is 6.67. The summed E-state index contributed by atoms with van der Waals surface area (Å²) in [6, 6.07) is 17.0. The van der Waals surface area contributed by atoms with E-state index in [9.17, 15) is 4.79 Å². The number of fused-ring (bicyclic) bond motifs is 1. The van der Waals surface area contributed by atoms with Gasteiger partial charge in [-0.05, 0) is 55.3 Å². The molecule has 2 heterocycles. The summed E-state index contributed by atoms with van der Waals surface area (Å²) in [5, 5.41) is 1.66. The molecule has 0 unspecified atom stereocenters. The smallest absolute Gasteiger partial charge is 0.230 e. The zero-order valence-corrected chi connectivity index (χ0v) is 16.3. The van der Waals surface area contributed by atoms with Crippen molar-refractivity contribution >= 4 is 28.3 Å². The number of benzene rings is 2. The van der Waals surface area contributed by atoms with E-state index in [1.165, 1.54) is 6.26 Å². The largest absolute Gasteiger partial charge is 0.494 e. The molecule has 0 atom stereocenters. The van der Waals surface area contributed by atoms with E-state index in [-0.39, 0.29) is 5.78 Å². The van der Waals surface area contributed by atoms with Crippen LogP contribution in [0.5, 0.6) is 5.75 Å². The number of halogens is 1. The van der Waals surface area contributed by atoms with Crippen LogP contribution in [-0.2, 0) is 6.54 Å². The highest BCUT2D eigenvalue weighted by Gasteiger charge is 2.18. The van der Waals surface area contributed by atoms with Crippen molar-refractivity contribution < 1.29 is 13.9 Å². The van der Waals surface area contributed by atoms with E-state index in [2.05, 4.69) is 4.57 Å². The number of carbonyl (C=O) groups excluding carboxylic acids is 1. The van der Waals surface area contributed by atoms with Gasteiger partial charge in [0.1, 0.15) is 5.75 Å². The lowest BCUT2D eigenvalue weighted by Gasteiger charge is -2.09. The molecule has 0 spiro atoms. The maximum absolute atomic E-state index is 12.8. The fourth-order valence-corrected chi connectivity index (χ4v) is 3.40. The summed E-state index contributed by atoms with van der Waals surface area (Å²) in [5.41, 5.74) is 2.68. The molecule has 142 valence electrons. The molecule has 0 fully saturated rings. The van der Waals surface area contributed by atoms with Gasteiger partial charge in [-0.15, -0.1) is 0 Å². The van der Waals surface area contributed by atoms with Crippen molar-refractivity contribution in [1.29, 1.82) is 0 Å². The molecule has 0 radical (unpaired) electrons. The van der Waals surface area contributed by atoms with Gasteiger partial charge in [0.2, 0.25) is 5.78 Å². The number of aromatic nitrogens is 1. The van der Waals surface area contributed by atoms with Crippen LogP contribution in [0.1, 0.15) is 28.1 Å². The van der Waals surface area contributed by atoms with Crippen LogP contribution in [0.25, 0.3) is 10.9 Å². The minimum absolute atomic E-state index is 0.104. The standard InChI is InChI=1S/C23H20ClNO3/c1-16-14-17(9-10-20(16)24)27-13-5-11-25-15-19(18-6-2-3-7-21(18)25)23(26)22-8-4-12-28-22/h2-4,6-10,12,14-15H,5,11,13H2,1H3. The van der Waals surface area contributed by atoms with Gasteiger partial charge in [0.25, 0.3) is 0 Å². The summed E-state index contributed by atoms with van der Waals surface area (Å²) < 4.78 is 13.2. The van der Waals surface area contributed by atoms with Gasteiger partial charge in [0, 0.05) is 28.7 Å². The van der Waals surface area contributed by atoms with Gasteiger partial charge < -0.3 is 13.7 Å². The van der Waals surface area contributed by atoms with E-state index in [1.807, 2.05) is 55.6 Å². The molecule has 0 aliphatic carbocycles. The zero-order chi connectivity index (χ0) is 19.5. The molecule has 4 rings (SSSR count). The van der Waals surface area contributed by atoms with Gasteiger partial charge in [0.05, 0.1) is 18.4 Å². The number of para-hydroxylation sites is 1. The van der Waals surface area contributed by atoms with Gasteiger partial charge in [-0.25, -0.2) is 0 Å². The number of hydrogen-bond acceptors (Lipinski definition) is 3. The Morgan fingerprint density at radius 1 is 1.14 bits per heavy atom. The van der Waals surface area contributed by atoms with Crippen molar-refractivity contribution in [3.05, 3.63) is 89.0 Å². The summed E-state index contributed by atoms with van der Waals surface area (Å²) in [4.78, 5) is 12.8. The minimum atomic E-state index is -0.104. The van der Waals surface area contributed by atoms with Crippen molar-refractivity contribution in [1.82, 2.24) is 4.57 Å². The van der Waals surface area contributed by atoms with E-state index < -0.39 is 0 Å². The molecule has 0 saturated heterocycles. The predicted molar refractivity (Wildman–Crippen MR) is 110 cm³/mol. The molecular formula is C23H20ClNO3. The number of rotatable bonds is 7. The van der Waals surface area contributed by atoms with Crippen molar-refractivity contribution in [2.75, 3.05) is 6.61 Å². The van der Waals surface area contributed by atoms with E-state index in [4.69, 9.17) is 20.8 Å². The summed E-state index contributed by atoms with van der Waals surface area (Å²) in [6.45, 7) is 3.28. The predicted octanol–water partition coefficient (Wildman–Crippen LogP) is 5.90. The highest BCUT2D eigenvalue weighted by Crippen LogP contribution is 2.25. The summed E-state index contributed by atoms with van der Waals surface area (Å²) in [5.74, 6) is 1.06. The molecule has 0 aliphatic rings. The molecule has 0 N–H and O–H groups in total. The van der Waals surface area contributed by atoms with Crippen molar-refractivity contribution in [3.8, 4) is 5.75 Å². The first-order valence-electron chi connectivity index (χ1n) is 9.18. The summed E-state index contributed by atoms with van der Waals surface area (Å²) >= 11 is 6.05. The topological polar surface area (TPSA) is 44.4 Å². The Labute approximate surface area is 168 Å². The highest BCUT2D eigenvalue weighted by molar-refractivity contribution is 6.31. The van der Waals surface area contributed by atoms with Crippen molar-refractivity contribution in [3.63, 3.8) is 0 Å². The van der Waals surface area contributed by atoms with Gasteiger partial charge >= 0.3 is 0 Å². The first-order chi connectivity index (χ1) is 13.6. The van der Waals surface area contributed by atoms with Crippen LogP contribution in [0, 0.1) is 6.92 Å². The Hall–Kier alpha value is -2.98. The monoisotopic (exact) mass is 393 g/mol. The van der Waals surface area contributed by atoms with E-state index in [0.717, 1.165) is 40.2 Å². The molecule has 2 aromatic heterocycles. The molecule has 0 saturated carbocycles. The quantitative estimate of drug-likeness (QED) is 0.290. The number of hydrogen-bond donors (Lipinski definition) is 0. The molecule has 5 heteroatoms. The first-order valence-corrected chi connectivity index (χ1v) is 9.56. The third-order valence-corrected chi connectivity index (χ3v) is 5.14. The Balaban J connectivity index is 1.48. The van der Waals surface area contributed by atoms with Crippen LogP contribution in [0.15, 0.2) is 71.5 Å². The van der Waals surface area contributed by atoms with Crippen molar-refractivity contribution in [2.45, 2.75) is 19.9 Å². The molecular weight excluding hydrogens is 374 g/mol. The second kappa shape index (κ2) is 7.95. The van der Waals surface area contributed by atoms with Gasteiger partial charge in [-0.1, -0.05) is 29.8 Å². The van der Waals surface area contributed by atoms with Crippen LogP contribution < -0.4 is 4.74 Å². The third kappa shape index (κ3) is 3.69. The van der Waals surface area contributed by atoms with Crippen molar-refractivity contribution in [2.24, 2.45) is 0 Å². The fourth-order valence-electron chi connectivity index (χ4n) is 3.29. The number of carbonyl (C=O) groups is 1. The maximum Gasteiger partial charge on any atom is 0.230 e. The van der Waals surface area contributed by atoms with Crippen LogP contribution in [0.2, 0.25) is 5.02 Å². The lowest BCUT2D eigenvalue weighted by atomic mass is 10.1. The average molecular weight is 394 g/mol. The van der Waals surface area contributed by atoms with E-state index in [0.29, 0.717) is 17.9 Å². The molecule has 4 aromatic rings. The van der Waals surface area contributed by atoms with Gasteiger partial charge in [0.15, 0.2) is 5.76 Å². The van der Waals surface area contributed by atoms with E-state index >= 15 is 0 Å². The number of nitrogens with zero attached hydrogens (tertiary/aromatic N) is 1. The number of ketones is 1. The second-order valence-corrected chi connectivity index (χ2v) is 7.08. The Morgan fingerprint density at radius 2 is 2.00 bits per heavy atom. The molecule has 0 bridgehead atoms. The molecule has 4 nitrogen and oxygen atoms in total. The third-order valence-electron chi connectivity index (χ3n) is 4.72. The normalized spacial score (nSPS) is 11.1. The van der Waals surface area contributed by atoms with Crippen LogP contribution in [0.4, 0.5) is 0 Å². The first kappa shape index (κ1) is 18.4.